The normalized spacial score (nSPS) is 21.3. The van der Waals surface area contributed by atoms with Crippen LogP contribution in [-0.2, 0) is 4.79 Å². The summed E-state index contributed by atoms with van der Waals surface area (Å²) < 4.78 is 11.1. The number of hydrogen-bond acceptors (Lipinski definition) is 4. The molecule has 1 heterocycles. The van der Waals surface area contributed by atoms with Gasteiger partial charge in [-0.1, -0.05) is 24.3 Å². The molecule has 1 amide bonds. The zero-order chi connectivity index (χ0) is 22.5. The summed E-state index contributed by atoms with van der Waals surface area (Å²) in [4.78, 5) is 12.7. The Balaban J connectivity index is 1.65. The zero-order valence-corrected chi connectivity index (χ0v) is 19.3. The number of amides is 1. The monoisotopic (exact) mass is 452 g/mol. The molecule has 0 saturated heterocycles. The number of hydrazone groups is 1. The van der Waals surface area contributed by atoms with Crippen LogP contribution >= 0.6 is 11.6 Å². The topological polar surface area (TPSA) is 51.1 Å². The van der Waals surface area contributed by atoms with Crippen LogP contribution in [0.3, 0.4) is 0 Å². The fourth-order valence-corrected chi connectivity index (χ4v) is 4.68. The van der Waals surface area contributed by atoms with Gasteiger partial charge in [0.1, 0.15) is 17.4 Å². The van der Waals surface area contributed by atoms with Crippen LogP contribution < -0.4 is 9.47 Å². The molecule has 0 unspecified atom stereocenters. The third kappa shape index (κ3) is 4.68. The van der Waals surface area contributed by atoms with E-state index in [-0.39, 0.29) is 23.7 Å². The predicted octanol–water partition coefficient (Wildman–Crippen LogP) is 5.85. The lowest BCUT2D eigenvalue weighted by Gasteiger charge is -2.29. The van der Waals surface area contributed by atoms with Crippen LogP contribution in [0.5, 0.6) is 11.5 Å². The summed E-state index contributed by atoms with van der Waals surface area (Å²) in [6, 6.07) is 15.9. The van der Waals surface area contributed by atoms with Gasteiger partial charge in [0.2, 0.25) is 0 Å². The van der Waals surface area contributed by atoms with Gasteiger partial charge in [-0.2, -0.15) is 5.10 Å². The molecule has 1 saturated carbocycles. The average molecular weight is 453 g/mol. The van der Waals surface area contributed by atoms with Crippen LogP contribution in [-0.4, -0.2) is 35.7 Å². The van der Waals surface area contributed by atoms with Crippen molar-refractivity contribution in [1.29, 1.82) is 0 Å². The first-order valence-electron chi connectivity index (χ1n) is 11.3. The second-order valence-corrected chi connectivity index (χ2v) is 8.24. The first-order valence-corrected chi connectivity index (χ1v) is 11.8. The van der Waals surface area contributed by atoms with Gasteiger partial charge in [0.05, 0.1) is 25.0 Å². The van der Waals surface area contributed by atoms with Crippen molar-refractivity contribution in [2.45, 2.75) is 39.2 Å². The highest BCUT2D eigenvalue weighted by Gasteiger charge is 2.43. The summed E-state index contributed by atoms with van der Waals surface area (Å²) in [5.41, 5.74) is 4.35. The molecule has 6 heteroatoms. The van der Waals surface area contributed by atoms with E-state index in [9.17, 15) is 4.79 Å². The standard InChI is InChI=1S/C26H29ClN2O3/c1-3-31-21-12-8-18(9-13-21)16-20-6-5-7-23-25(20)28-29(24(30)17-27)26(23)19-10-14-22(15-11-19)32-4-2/h8-16,23,26H,3-7,17H2,1-2H3/b20-16+/t23-,26-/m1/s1. The number of halogens is 1. The van der Waals surface area contributed by atoms with Crippen molar-refractivity contribution in [3.8, 4) is 11.5 Å². The number of rotatable bonds is 7. The molecule has 0 N–H and O–H groups in total. The van der Waals surface area contributed by atoms with Crippen LogP contribution in [0, 0.1) is 5.92 Å². The smallest absolute Gasteiger partial charge is 0.258 e. The van der Waals surface area contributed by atoms with Gasteiger partial charge >= 0.3 is 0 Å². The van der Waals surface area contributed by atoms with E-state index in [2.05, 4.69) is 18.2 Å². The van der Waals surface area contributed by atoms with Crippen molar-refractivity contribution < 1.29 is 14.3 Å². The van der Waals surface area contributed by atoms with E-state index in [0.717, 1.165) is 47.6 Å². The van der Waals surface area contributed by atoms with Crippen molar-refractivity contribution in [3.63, 3.8) is 0 Å². The van der Waals surface area contributed by atoms with Gasteiger partial charge in [-0.05, 0) is 80.2 Å². The van der Waals surface area contributed by atoms with Gasteiger partial charge in [0.15, 0.2) is 0 Å². The lowest BCUT2D eigenvalue weighted by molar-refractivity contribution is -0.130. The minimum absolute atomic E-state index is 0.0883. The molecule has 32 heavy (non-hydrogen) atoms. The van der Waals surface area contributed by atoms with E-state index in [0.29, 0.717) is 13.2 Å². The minimum Gasteiger partial charge on any atom is -0.494 e. The quantitative estimate of drug-likeness (QED) is 0.495. The van der Waals surface area contributed by atoms with Crippen molar-refractivity contribution in [1.82, 2.24) is 5.01 Å². The van der Waals surface area contributed by atoms with E-state index in [1.54, 1.807) is 5.01 Å². The summed E-state index contributed by atoms with van der Waals surface area (Å²) in [5, 5.41) is 6.41. The molecule has 2 aromatic rings. The second-order valence-electron chi connectivity index (χ2n) is 7.97. The minimum atomic E-state index is -0.173. The number of carbonyl (C=O) groups excluding carboxylic acids is 1. The predicted molar refractivity (Wildman–Crippen MR) is 128 cm³/mol. The van der Waals surface area contributed by atoms with E-state index in [1.165, 1.54) is 5.57 Å². The van der Waals surface area contributed by atoms with E-state index in [4.69, 9.17) is 26.2 Å². The molecule has 1 aliphatic heterocycles. The fourth-order valence-electron chi connectivity index (χ4n) is 4.56. The van der Waals surface area contributed by atoms with E-state index < -0.39 is 0 Å². The molecular formula is C26H29ClN2O3. The van der Waals surface area contributed by atoms with Crippen molar-refractivity contribution in [2.75, 3.05) is 19.1 Å². The SMILES string of the molecule is CCOc1ccc(/C=C2\CCC[C@@H]3C2=NN(C(=O)CCl)[C@@H]3c2ccc(OCC)cc2)cc1. The van der Waals surface area contributed by atoms with Crippen molar-refractivity contribution >= 4 is 29.3 Å². The molecule has 168 valence electrons. The number of nitrogens with zero attached hydrogens (tertiary/aromatic N) is 2. The Bertz CT molecular complexity index is 999. The highest BCUT2D eigenvalue weighted by Crippen LogP contribution is 2.44. The number of allylic oxidation sites excluding steroid dienone is 1. The third-order valence-electron chi connectivity index (χ3n) is 5.94. The van der Waals surface area contributed by atoms with Crippen LogP contribution in [0.25, 0.3) is 6.08 Å². The Morgan fingerprint density at radius 1 is 1.06 bits per heavy atom. The maximum absolute atomic E-state index is 12.7. The maximum atomic E-state index is 12.7. The summed E-state index contributed by atoms with van der Waals surface area (Å²) in [5.74, 6) is 1.58. The molecule has 2 atom stereocenters. The maximum Gasteiger partial charge on any atom is 0.258 e. The van der Waals surface area contributed by atoms with Crippen molar-refractivity contribution in [2.24, 2.45) is 11.0 Å². The summed E-state index contributed by atoms with van der Waals surface area (Å²) in [6.45, 7) is 5.21. The molecule has 1 aliphatic carbocycles. The number of fused-ring (bicyclic) bond motifs is 1. The first-order chi connectivity index (χ1) is 15.6. The number of alkyl halides is 1. The van der Waals surface area contributed by atoms with Crippen LogP contribution in [0.15, 0.2) is 59.2 Å². The Hall–Kier alpha value is -2.79. The van der Waals surface area contributed by atoms with Gasteiger partial charge in [0, 0.05) is 5.92 Å². The number of benzene rings is 2. The van der Waals surface area contributed by atoms with E-state index in [1.807, 2.05) is 50.2 Å². The Labute approximate surface area is 194 Å². The number of carbonyl (C=O) groups is 1. The van der Waals surface area contributed by atoms with Gasteiger partial charge < -0.3 is 9.47 Å². The third-order valence-corrected chi connectivity index (χ3v) is 6.16. The number of ether oxygens (including phenoxy) is 2. The molecule has 0 bridgehead atoms. The highest BCUT2D eigenvalue weighted by atomic mass is 35.5. The fraction of sp³-hybridized carbons (Fsp3) is 0.385. The van der Waals surface area contributed by atoms with Gasteiger partial charge in [0.25, 0.3) is 5.91 Å². The average Bonchev–Trinajstić information content (AvgIpc) is 3.21. The Morgan fingerprint density at radius 2 is 1.69 bits per heavy atom. The molecule has 0 spiro atoms. The summed E-state index contributed by atoms with van der Waals surface area (Å²) >= 11 is 5.95. The molecule has 1 fully saturated rings. The Morgan fingerprint density at radius 3 is 2.28 bits per heavy atom. The summed E-state index contributed by atoms with van der Waals surface area (Å²) in [6.07, 6.45) is 5.18. The molecule has 2 aromatic carbocycles. The zero-order valence-electron chi connectivity index (χ0n) is 18.6. The van der Waals surface area contributed by atoms with Gasteiger partial charge in [-0.3, -0.25) is 4.79 Å². The van der Waals surface area contributed by atoms with Crippen LogP contribution in [0.4, 0.5) is 0 Å². The van der Waals surface area contributed by atoms with Crippen LogP contribution in [0.1, 0.15) is 50.3 Å². The number of hydrogen-bond donors (Lipinski definition) is 0. The first kappa shape index (κ1) is 22.4. The second kappa shape index (κ2) is 10.2. The molecule has 4 rings (SSSR count). The van der Waals surface area contributed by atoms with Crippen molar-refractivity contribution in [3.05, 3.63) is 65.2 Å². The lowest BCUT2D eigenvalue weighted by Crippen LogP contribution is -2.32. The molecule has 2 aliphatic rings. The Kier molecular flexibility index (Phi) is 7.15. The molecular weight excluding hydrogens is 424 g/mol. The largest absolute Gasteiger partial charge is 0.494 e. The van der Waals surface area contributed by atoms with Crippen LogP contribution in [0.2, 0.25) is 0 Å². The highest BCUT2D eigenvalue weighted by molar-refractivity contribution is 6.27. The van der Waals surface area contributed by atoms with E-state index >= 15 is 0 Å². The summed E-state index contributed by atoms with van der Waals surface area (Å²) in [7, 11) is 0. The molecule has 5 nitrogen and oxygen atoms in total. The lowest BCUT2D eigenvalue weighted by atomic mass is 9.77. The molecule has 0 aromatic heterocycles. The van der Waals surface area contributed by atoms with Gasteiger partial charge in [-0.25, -0.2) is 5.01 Å². The van der Waals surface area contributed by atoms with Gasteiger partial charge in [-0.15, -0.1) is 11.6 Å². The molecule has 0 radical (unpaired) electrons.